The van der Waals surface area contributed by atoms with E-state index in [1.54, 1.807) is 24.5 Å². The molecule has 0 aliphatic heterocycles. The lowest BCUT2D eigenvalue weighted by Crippen LogP contribution is -1.94. The van der Waals surface area contributed by atoms with E-state index in [1.807, 2.05) is 6.92 Å². The summed E-state index contributed by atoms with van der Waals surface area (Å²) < 4.78 is 13.7. The number of rotatable bonds is 3. The van der Waals surface area contributed by atoms with E-state index in [1.165, 1.54) is 13.0 Å². The second kappa shape index (κ2) is 5.27. The van der Waals surface area contributed by atoms with Gasteiger partial charge in [0, 0.05) is 18.0 Å². The van der Waals surface area contributed by atoms with Crippen molar-refractivity contribution in [2.45, 2.75) is 23.9 Å². The van der Waals surface area contributed by atoms with Crippen molar-refractivity contribution >= 4 is 17.5 Å². The Morgan fingerprint density at radius 3 is 2.50 bits per heavy atom. The molecule has 1 aromatic heterocycles. The van der Waals surface area contributed by atoms with Crippen LogP contribution in [0.15, 0.2) is 40.6 Å². The minimum absolute atomic E-state index is 0.156. The summed E-state index contributed by atoms with van der Waals surface area (Å²) in [5, 5.41) is 0.482. The summed E-state index contributed by atoms with van der Waals surface area (Å²) in [6.45, 7) is 3.29. The third kappa shape index (κ3) is 2.92. The van der Waals surface area contributed by atoms with Crippen LogP contribution < -0.4 is 0 Å². The van der Waals surface area contributed by atoms with Crippen LogP contribution in [0.4, 0.5) is 4.39 Å². The normalized spacial score (nSPS) is 10.4. The van der Waals surface area contributed by atoms with Crippen LogP contribution in [0.25, 0.3) is 0 Å². The van der Waals surface area contributed by atoms with E-state index in [2.05, 4.69) is 9.97 Å². The molecule has 92 valence electrons. The first kappa shape index (κ1) is 12.7. The molecule has 0 bridgehead atoms. The fourth-order valence-electron chi connectivity index (χ4n) is 1.33. The first-order valence-electron chi connectivity index (χ1n) is 5.33. The topological polar surface area (TPSA) is 42.9 Å². The largest absolute Gasteiger partial charge is 0.295 e. The molecule has 1 aromatic carbocycles. The van der Waals surface area contributed by atoms with Gasteiger partial charge in [0.1, 0.15) is 5.82 Å². The number of hydrogen-bond acceptors (Lipinski definition) is 4. The van der Waals surface area contributed by atoms with E-state index < -0.39 is 5.82 Å². The maximum absolute atomic E-state index is 13.7. The number of carbonyl (C=O) groups is 1. The van der Waals surface area contributed by atoms with Crippen molar-refractivity contribution in [2.24, 2.45) is 0 Å². The van der Waals surface area contributed by atoms with Gasteiger partial charge in [-0.05, 0) is 43.3 Å². The van der Waals surface area contributed by atoms with Gasteiger partial charge in [-0.15, -0.1) is 0 Å². The molecule has 0 fully saturated rings. The van der Waals surface area contributed by atoms with Crippen LogP contribution in [0.1, 0.15) is 22.8 Å². The second-order valence-electron chi connectivity index (χ2n) is 3.85. The van der Waals surface area contributed by atoms with E-state index in [9.17, 15) is 9.18 Å². The zero-order chi connectivity index (χ0) is 13.1. The van der Waals surface area contributed by atoms with Crippen LogP contribution >= 0.6 is 11.8 Å². The monoisotopic (exact) mass is 262 g/mol. The van der Waals surface area contributed by atoms with Crippen molar-refractivity contribution in [3.05, 3.63) is 47.5 Å². The van der Waals surface area contributed by atoms with Gasteiger partial charge in [-0.2, -0.15) is 0 Å². The summed E-state index contributed by atoms with van der Waals surface area (Å²) in [6, 6.07) is 4.40. The van der Waals surface area contributed by atoms with Gasteiger partial charge in [-0.25, -0.2) is 14.4 Å². The fraction of sp³-hybridized carbons (Fsp3) is 0.154. The SMILES string of the molecule is CC(=O)c1ccc(Sc2ncc(C)cn2)c(F)c1. The highest BCUT2D eigenvalue weighted by atomic mass is 32.2. The third-order valence-electron chi connectivity index (χ3n) is 2.30. The molecule has 0 aliphatic rings. The fourth-order valence-corrected chi connectivity index (χ4v) is 2.03. The van der Waals surface area contributed by atoms with E-state index in [0.717, 1.165) is 17.3 Å². The van der Waals surface area contributed by atoms with Crippen LogP contribution in [0.3, 0.4) is 0 Å². The van der Waals surface area contributed by atoms with Gasteiger partial charge >= 0.3 is 0 Å². The van der Waals surface area contributed by atoms with Gasteiger partial charge in [0.05, 0.1) is 4.90 Å². The Bertz CT molecular complexity index is 584. The van der Waals surface area contributed by atoms with Gasteiger partial charge in [-0.3, -0.25) is 4.79 Å². The van der Waals surface area contributed by atoms with Crippen molar-refractivity contribution < 1.29 is 9.18 Å². The van der Waals surface area contributed by atoms with Gasteiger partial charge in [-0.1, -0.05) is 6.07 Å². The van der Waals surface area contributed by atoms with Gasteiger partial charge in [0.2, 0.25) is 0 Å². The molecule has 0 saturated carbocycles. The van der Waals surface area contributed by atoms with Crippen LogP contribution in [-0.2, 0) is 0 Å². The second-order valence-corrected chi connectivity index (χ2v) is 4.86. The molecular formula is C13H11FN2OS. The maximum atomic E-state index is 13.7. The molecule has 0 atom stereocenters. The number of nitrogens with zero attached hydrogens (tertiary/aromatic N) is 2. The van der Waals surface area contributed by atoms with Crippen LogP contribution in [0.2, 0.25) is 0 Å². The minimum Gasteiger partial charge on any atom is -0.295 e. The Morgan fingerprint density at radius 2 is 1.94 bits per heavy atom. The number of carbonyl (C=O) groups excluding carboxylic acids is 1. The van der Waals surface area contributed by atoms with Crippen LogP contribution in [0, 0.1) is 12.7 Å². The predicted octanol–water partition coefficient (Wildman–Crippen LogP) is 3.28. The molecule has 1 heterocycles. The summed E-state index contributed by atoms with van der Waals surface area (Å²) in [6.07, 6.45) is 3.36. The van der Waals surface area contributed by atoms with Crippen LogP contribution in [0.5, 0.6) is 0 Å². The predicted molar refractivity (Wildman–Crippen MR) is 67.3 cm³/mol. The molecule has 18 heavy (non-hydrogen) atoms. The Hall–Kier alpha value is -1.75. The molecule has 0 radical (unpaired) electrons. The van der Waals surface area contributed by atoms with Gasteiger partial charge in [0.25, 0.3) is 0 Å². The van der Waals surface area contributed by atoms with E-state index in [0.29, 0.717) is 15.6 Å². The van der Waals surface area contributed by atoms with Crippen molar-refractivity contribution in [2.75, 3.05) is 0 Å². The minimum atomic E-state index is -0.433. The Kier molecular flexibility index (Phi) is 3.72. The number of halogens is 1. The zero-order valence-electron chi connectivity index (χ0n) is 9.98. The molecule has 3 nitrogen and oxygen atoms in total. The summed E-state index contributed by atoms with van der Waals surface area (Å²) in [5.74, 6) is -0.589. The number of hydrogen-bond donors (Lipinski definition) is 0. The highest BCUT2D eigenvalue weighted by molar-refractivity contribution is 7.99. The molecule has 2 aromatic rings. The van der Waals surface area contributed by atoms with E-state index >= 15 is 0 Å². The lowest BCUT2D eigenvalue weighted by Gasteiger charge is -2.03. The average molecular weight is 262 g/mol. The number of Topliss-reactive ketones (excluding diaryl/α,β-unsaturated/α-hetero) is 1. The molecular weight excluding hydrogens is 251 g/mol. The highest BCUT2D eigenvalue weighted by Crippen LogP contribution is 2.27. The molecule has 0 spiro atoms. The number of aromatic nitrogens is 2. The highest BCUT2D eigenvalue weighted by Gasteiger charge is 2.09. The first-order valence-corrected chi connectivity index (χ1v) is 6.15. The number of ketones is 1. The van der Waals surface area contributed by atoms with Crippen molar-refractivity contribution in [1.82, 2.24) is 9.97 Å². The van der Waals surface area contributed by atoms with Crippen molar-refractivity contribution in [3.8, 4) is 0 Å². The van der Waals surface area contributed by atoms with E-state index in [4.69, 9.17) is 0 Å². The maximum Gasteiger partial charge on any atom is 0.192 e. The van der Waals surface area contributed by atoms with Gasteiger partial charge < -0.3 is 0 Å². The lowest BCUT2D eigenvalue weighted by molar-refractivity contribution is 0.101. The average Bonchev–Trinajstić information content (AvgIpc) is 2.34. The van der Waals surface area contributed by atoms with Gasteiger partial charge in [0.15, 0.2) is 10.9 Å². The number of aryl methyl sites for hydroxylation is 1. The Balaban J connectivity index is 2.24. The standard InChI is InChI=1S/C13H11FN2OS/c1-8-6-15-13(16-7-8)18-12-4-3-10(9(2)17)5-11(12)14/h3-7H,1-2H3. The quantitative estimate of drug-likeness (QED) is 0.629. The van der Waals surface area contributed by atoms with Crippen LogP contribution in [-0.4, -0.2) is 15.8 Å². The molecule has 0 amide bonds. The smallest absolute Gasteiger partial charge is 0.192 e. The van der Waals surface area contributed by atoms with Crippen molar-refractivity contribution in [1.29, 1.82) is 0 Å². The molecule has 0 aliphatic carbocycles. The Morgan fingerprint density at radius 1 is 1.28 bits per heavy atom. The van der Waals surface area contributed by atoms with E-state index in [-0.39, 0.29) is 5.78 Å². The molecule has 0 saturated heterocycles. The first-order chi connectivity index (χ1) is 8.56. The summed E-state index contributed by atoms with van der Waals surface area (Å²) in [7, 11) is 0. The molecule has 5 heteroatoms. The number of benzene rings is 1. The summed E-state index contributed by atoms with van der Waals surface area (Å²) >= 11 is 1.13. The molecule has 0 N–H and O–H groups in total. The summed E-state index contributed by atoms with van der Waals surface area (Å²) in [4.78, 5) is 19.7. The zero-order valence-corrected chi connectivity index (χ0v) is 10.8. The Labute approximate surface area is 108 Å². The molecule has 0 unspecified atom stereocenters. The lowest BCUT2D eigenvalue weighted by atomic mass is 10.1. The summed E-state index contributed by atoms with van der Waals surface area (Å²) in [5.41, 5.74) is 1.31. The third-order valence-corrected chi connectivity index (χ3v) is 3.24. The molecule has 2 rings (SSSR count). The van der Waals surface area contributed by atoms with Crippen molar-refractivity contribution in [3.63, 3.8) is 0 Å².